The van der Waals surface area contributed by atoms with Crippen molar-refractivity contribution >= 4 is 17.6 Å². The van der Waals surface area contributed by atoms with Gasteiger partial charge in [0.2, 0.25) is 5.82 Å². The maximum Gasteiger partial charge on any atom is 0.416 e. The first kappa shape index (κ1) is 26.0. The normalized spacial score (nSPS) is 12.5. The molecule has 0 aliphatic rings. The minimum Gasteiger partial charge on any atom is -0.463 e. The van der Waals surface area contributed by atoms with Crippen molar-refractivity contribution in [2.75, 3.05) is 7.11 Å². The number of hydrogen-bond donors (Lipinski definition) is 1. The van der Waals surface area contributed by atoms with Crippen LogP contribution in [0.15, 0.2) is 47.5 Å². The van der Waals surface area contributed by atoms with Crippen molar-refractivity contribution in [3.63, 3.8) is 0 Å². The highest BCUT2D eigenvalue weighted by molar-refractivity contribution is 6.30. The maximum atomic E-state index is 14.3. The number of ether oxygens (including phenoxy) is 1. The number of aliphatic hydroxyl groups is 1. The third-order valence-electron chi connectivity index (χ3n) is 5.05. The Morgan fingerprint density at radius 2 is 1.89 bits per heavy atom. The zero-order valence-corrected chi connectivity index (χ0v) is 19.5. The van der Waals surface area contributed by atoms with E-state index in [0.717, 1.165) is 22.7 Å². The van der Waals surface area contributed by atoms with Gasteiger partial charge in [0, 0.05) is 16.8 Å². The van der Waals surface area contributed by atoms with Crippen LogP contribution >= 0.6 is 11.6 Å². The van der Waals surface area contributed by atoms with Gasteiger partial charge in [0.1, 0.15) is 12.2 Å². The van der Waals surface area contributed by atoms with E-state index >= 15 is 0 Å². The molecule has 1 unspecified atom stereocenters. The Labute approximate surface area is 209 Å². The lowest BCUT2D eigenvalue weighted by Gasteiger charge is -2.15. The van der Waals surface area contributed by atoms with Gasteiger partial charge in [-0.2, -0.15) is 13.2 Å². The van der Waals surface area contributed by atoms with Gasteiger partial charge in [0.15, 0.2) is 23.6 Å². The lowest BCUT2D eigenvalue weighted by Crippen LogP contribution is -2.37. The Morgan fingerprint density at radius 3 is 2.51 bits per heavy atom. The van der Waals surface area contributed by atoms with Crippen molar-refractivity contribution in [3.05, 3.63) is 75.7 Å². The molecule has 0 bridgehead atoms. The zero-order valence-electron chi connectivity index (χ0n) is 18.7. The number of carbonyl (C=O) groups is 1. The summed E-state index contributed by atoms with van der Waals surface area (Å²) in [4.78, 5) is 32.9. The minimum atomic E-state index is -5.00. The number of halogens is 5. The molecule has 1 aromatic carbocycles. The van der Waals surface area contributed by atoms with E-state index in [9.17, 15) is 32.3 Å². The van der Waals surface area contributed by atoms with Crippen molar-refractivity contribution in [2.45, 2.75) is 25.4 Å². The van der Waals surface area contributed by atoms with Gasteiger partial charge in [0.25, 0.3) is 0 Å². The van der Waals surface area contributed by atoms with Crippen LogP contribution in [0.5, 0.6) is 0 Å². The van der Waals surface area contributed by atoms with E-state index in [1.807, 2.05) is 0 Å². The predicted octanol–water partition coefficient (Wildman–Crippen LogP) is 2.24. The van der Waals surface area contributed by atoms with E-state index in [4.69, 9.17) is 11.6 Å². The molecule has 0 fully saturated rings. The molecule has 0 saturated heterocycles. The second kappa shape index (κ2) is 10.1. The maximum absolute atomic E-state index is 14.3. The number of carbonyl (C=O) groups excluding carboxylic acids is 1. The molecule has 1 atom stereocenters. The van der Waals surface area contributed by atoms with Gasteiger partial charge in [-0.3, -0.25) is 9.55 Å². The summed E-state index contributed by atoms with van der Waals surface area (Å²) in [5.41, 5.74) is -0.983. The first-order chi connectivity index (χ1) is 17.5. The van der Waals surface area contributed by atoms with Crippen LogP contribution in [0.2, 0.25) is 5.02 Å². The molecule has 0 radical (unpaired) electrons. The molecular formula is C21H16ClF4N7O4. The highest BCUT2D eigenvalue weighted by Gasteiger charge is 2.39. The fourth-order valence-corrected chi connectivity index (χ4v) is 3.41. The van der Waals surface area contributed by atoms with E-state index in [2.05, 4.69) is 24.9 Å². The van der Waals surface area contributed by atoms with Crippen LogP contribution in [-0.2, 0) is 17.8 Å². The molecular weight excluding hydrogens is 526 g/mol. The van der Waals surface area contributed by atoms with Crippen molar-refractivity contribution in [3.8, 4) is 17.1 Å². The number of methoxy groups -OCH3 is 1. The highest BCUT2D eigenvalue weighted by Crippen LogP contribution is 2.24. The molecule has 0 amide bonds. The van der Waals surface area contributed by atoms with E-state index in [1.165, 1.54) is 36.5 Å². The predicted molar refractivity (Wildman–Crippen MR) is 119 cm³/mol. The summed E-state index contributed by atoms with van der Waals surface area (Å²) in [7, 11) is 1.07. The summed E-state index contributed by atoms with van der Waals surface area (Å²) in [5, 5.41) is 18.1. The van der Waals surface area contributed by atoms with Crippen LogP contribution in [0.3, 0.4) is 0 Å². The van der Waals surface area contributed by atoms with Crippen LogP contribution in [0, 0.1) is 5.82 Å². The second-order valence-electron chi connectivity index (χ2n) is 7.52. The average molecular weight is 542 g/mol. The molecule has 0 saturated carbocycles. The molecule has 4 aromatic rings. The number of esters is 1. The zero-order chi connectivity index (χ0) is 26.9. The summed E-state index contributed by atoms with van der Waals surface area (Å²) < 4.78 is 60.3. The van der Waals surface area contributed by atoms with Gasteiger partial charge in [-0.25, -0.2) is 28.3 Å². The lowest BCUT2D eigenvalue weighted by atomic mass is 10.2. The Morgan fingerprint density at radius 1 is 1.19 bits per heavy atom. The Kier molecular flexibility index (Phi) is 7.09. The molecule has 11 nitrogen and oxygen atoms in total. The molecule has 0 aliphatic carbocycles. The fourth-order valence-electron chi connectivity index (χ4n) is 3.28. The van der Waals surface area contributed by atoms with Crippen molar-refractivity contribution in [1.29, 1.82) is 0 Å². The molecule has 194 valence electrons. The number of alkyl halides is 3. The number of benzene rings is 1. The average Bonchev–Trinajstić information content (AvgIpc) is 3.40. The first-order valence-corrected chi connectivity index (χ1v) is 10.7. The van der Waals surface area contributed by atoms with E-state index in [-0.39, 0.29) is 22.9 Å². The monoisotopic (exact) mass is 541 g/mol. The van der Waals surface area contributed by atoms with Crippen LogP contribution in [0.25, 0.3) is 17.1 Å². The quantitative estimate of drug-likeness (QED) is 0.278. The molecule has 3 aromatic heterocycles. The Bertz CT molecular complexity index is 1500. The van der Waals surface area contributed by atoms with Gasteiger partial charge < -0.3 is 9.84 Å². The van der Waals surface area contributed by atoms with Gasteiger partial charge >= 0.3 is 17.8 Å². The number of aromatic nitrogens is 7. The van der Waals surface area contributed by atoms with Crippen LogP contribution in [0.1, 0.15) is 16.4 Å². The molecule has 1 N–H and O–H groups in total. The lowest BCUT2D eigenvalue weighted by molar-refractivity contribution is -0.207. The highest BCUT2D eigenvalue weighted by atomic mass is 35.5. The van der Waals surface area contributed by atoms with Gasteiger partial charge in [-0.05, 0) is 30.3 Å². The number of rotatable bonds is 7. The summed E-state index contributed by atoms with van der Waals surface area (Å²) in [6.07, 6.45) is -5.72. The van der Waals surface area contributed by atoms with E-state index in [1.54, 1.807) is 0 Å². The number of nitrogens with zero attached hydrogens (tertiary/aromatic N) is 7. The molecule has 37 heavy (non-hydrogen) atoms. The van der Waals surface area contributed by atoms with Gasteiger partial charge in [-0.15, -0.1) is 10.2 Å². The molecule has 4 rings (SSSR count). The molecule has 0 spiro atoms. The summed E-state index contributed by atoms with van der Waals surface area (Å²) in [6, 6.07) is 6.97. The topological polar surface area (TPSA) is 130 Å². The third kappa shape index (κ3) is 5.36. The summed E-state index contributed by atoms with van der Waals surface area (Å²) >= 11 is 5.87. The summed E-state index contributed by atoms with van der Waals surface area (Å²) in [5.74, 6) is -2.64. The summed E-state index contributed by atoms with van der Waals surface area (Å²) in [6.45, 7) is -1.66. The van der Waals surface area contributed by atoms with Crippen molar-refractivity contribution < 1.29 is 32.2 Å². The van der Waals surface area contributed by atoms with Crippen LogP contribution < -0.4 is 5.69 Å². The number of hydrogen-bond acceptors (Lipinski definition) is 8. The molecule has 3 heterocycles. The standard InChI is InChI=1S/C21H16ClF4N7O4/c1-37-19(35)18-28-16(29-33(18)14-6-7-27-8-13(14)23)10-32-20(36)31(9-15(34)21(24,25)26)17(30-32)11-2-4-12(22)5-3-11/h2-8,15,34H,9-10H2,1H3. The van der Waals surface area contributed by atoms with Crippen LogP contribution in [-0.4, -0.2) is 64.6 Å². The van der Waals surface area contributed by atoms with E-state index < -0.39 is 48.7 Å². The Balaban J connectivity index is 1.79. The Hall–Kier alpha value is -4.11. The minimum absolute atomic E-state index is 0.192. The SMILES string of the molecule is COC(=O)c1nc(Cn2nc(-c3ccc(Cl)cc3)n(CC(O)C(F)(F)F)c2=O)nn1-c1ccncc1F. The van der Waals surface area contributed by atoms with E-state index in [0.29, 0.717) is 9.59 Å². The first-order valence-electron chi connectivity index (χ1n) is 10.3. The third-order valence-corrected chi connectivity index (χ3v) is 5.30. The van der Waals surface area contributed by atoms with Gasteiger partial charge in [-0.1, -0.05) is 11.6 Å². The van der Waals surface area contributed by atoms with Crippen molar-refractivity contribution in [2.24, 2.45) is 0 Å². The van der Waals surface area contributed by atoms with Gasteiger partial charge in [0.05, 0.1) is 19.9 Å². The fraction of sp³-hybridized carbons (Fsp3) is 0.238. The van der Waals surface area contributed by atoms with Crippen LogP contribution in [0.4, 0.5) is 17.6 Å². The number of aliphatic hydroxyl groups excluding tert-OH is 1. The molecule has 0 aliphatic heterocycles. The molecule has 16 heteroatoms. The second-order valence-corrected chi connectivity index (χ2v) is 7.96. The largest absolute Gasteiger partial charge is 0.463 e. The van der Waals surface area contributed by atoms with Crippen molar-refractivity contribution in [1.82, 2.24) is 34.1 Å². The number of pyridine rings is 1. The smallest absolute Gasteiger partial charge is 0.416 e.